The number of alkyl halides is 2. The second kappa shape index (κ2) is 8.24. The van der Waals surface area contributed by atoms with E-state index in [1.807, 2.05) is 10.3 Å². The van der Waals surface area contributed by atoms with Gasteiger partial charge in [-0.15, -0.1) is 11.3 Å². The molecule has 4 N–H and O–H groups in total. The molecule has 0 saturated carbocycles. The normalized spacial score (nSPS) is 22.8. The Morgan fingerprint density at radius 3 is 2.79 bits per heavy atom. The van der Waals surface area contributed by atoms with E-state index in [1.54, 1.807) is 12.3 Å². The third-order valence-corrected chi connectivity index (χ3v) is 6.91. The molecule has 2 aliphatic heterocycles. The molecule has 2 aromatic heterocycles. The standard InChI is InChI=1S/C21H19ClF3N7S/c22-14-5-12(23)1-2-13(14)17-16(11-7-29-32(8-11)20(24)25)15-6-21(27,9-26)10-31(15)18(30-17)19-28-3-4-33-19/h1-5,7-8,17,20H,6,9-10,26-27H2/t17-,21+/m0/s1. The largest absolute Gasteiger partial charge is 0.333 e. The Morgan fingerprint density at radius 2 is 2.15 bits per heavy atom. The molecule has 0 spiro atoms. The molecule has 0 radical (unpaired) electrons. The number of nitrogens with two attached hydrogens (primary N) is 2. The van der Waals surface area contributed by atoms with Crippen molar-refractivity contribution in [1.82, 2.24) is 19.7 Å². The molecule has 172 valence electrons. The molecule has 33 heavy (non-hydrogen) atoms. The Bertz CT molecular complexity index is 1260. The topological polar surface area (TPSA) is 98.4 Å². The van der Waals surface area contributed by atoms with Crippen LogP contribution in [0.1, 0.15) is 35.1 Å². The molecular weight excluding hydrogens is 475 g/mol. The number of hydrogen-bond donors (Lipinski definition) is 2. The summed E-state index contributed by atoms with van der Waals surface area (Å²) >= 11 is 7.83. The summed E-state index contributed by atoms with van der Waals surface area (Å²) in [6, 6.07) is 3.33. The number of thiazole rings is 1. The fraction of sp³-hybridized carbons (Fsp3) is 0.286. The number of amidine groups is 1. The highest BCUT2D eigenvalue weighted by Gasteiger charge is 2.45. The Hall–Kier alpha value is -2.73. The molecule has 0 unspecified atom stereocenters. The highest BCUT2D eigenvalue weighted by molar-refractivity contribution is 7.11. The average molecular weight is 494 g/mol. The van der Waals surface area contributed by atoms with Gasteiger partial charge in [0.05, 0.1) is 11.7 Å². The fourth-order valence-electron chi connectivity index (χ4n) is 4.25. The summed E-state index contributed by atoms with van der Waals surface area (Å²) in [6.07, 6.45) is 4.68. The van der Waals surface area contributed by atoms with Gasteiger partial charge in [-0.25, -0.2) is 14.1 Å². The van der Waals surface area contributed by atoms with Crippen molar-refractivity contribution >= 4 is 34.3 Å². The maximum absolute atomic E-state index is 13.8. The van der Waals surface area contributed by atoms with Gasteiger partial charge in [-0.3, -0.25) is 4.99 Å². The first kappa shape index (κ1) is 22.1. The van der Waals surface area contributed by atoms with Crippen LogP contribution in [-0.2, 0) is 0 Å². The Kier molecular flexibility index (Phi) is 5.52. The number of aromatic nitrogens is 3. The quantitative estimate of drug-likeness (QED) is 0.563. The third kappa shape index (κ3) is 3.84. The molecule has 3 aromatic rings. The number of aliphatic imine (C=N–C) groups is 1. The van der Waals surface area contributed by atoms with E-state index < -0.39 is 23.9 Å². The van der Waals surface area contributed by atoms with E-state index in [9.17, 15) is 13.2 Å². The Labute approximate surface area is 196 Å². The fourth-order valence-corrected chi connectivity index (χ4v) is 5.16. The number of fused-ring (bicyclic) bond motifs is 1. The lowest BCUT2D eigenvalue weighted by Crippen LogP contribution is -2.49. The summed E-state index contributed by atoms with van der Waals surface area (Å²) in [5.74, 6) is 0.0891. The van der Waals surface area contributed by atoms with Crippen molar-refractivity contribution in [3.05, 3.63) is 74.8 Å². The number of nitrogens with zero attached hydrogens (tertiary/aromatic N) is 5. The molecule has 2 atom stereocenters. The smallest absolute Gasteiger partial charge is 0.329 e. The number of benzene rings is 1. The predicted molar refractivity (Wildman–Crippen MR) is 120 cm³/mol. The monoisotopic (exact) mass is 493 g/mol. The van der Waals surface area contributed by atoms with Crippen LogP contribution in [-0.4, -0.2) is 44.1 Å². The first-order chi connectivity index (χ1) is 15.8. The van der Waals surface area contributed by atoms with E-state index in [0.29, 0.717) is 45.2 Å². The van der Waals surface area contributed by atoms with Crippen molar-refractivity contribution in [1.29, 1.82) is 0 Å². The lowest BCUT2D eigenvalue weighted by atomic mass is 9.89. The summed E-state index contributed by atoms with van der Waals surface area (Å²) in [5, 5.41) is 6.47. The van der Waals surface area contributed by atoms with Crippen LogP contribution in [0.5, 0.6) is 0 Å². The lowest BCUT2D eigenvalue weighted by molar-refractivity contribution is 0.0566. The van der Waals surface area contributed by atoms with Crippen LogP contribution in [0.2, 0.25) is 5.02 Å². The molecule has 2 aliphatic rings. The number of hydrogen-bond acceptors (Lipinski definition) is 7. The number of rotatable bonds is 5. The van der Waals surface area contributed by atoms with Gasteiger partial charge in [0.15, 0.2) is 10.8 Å². The van der Waals surface area contributed by atoms with Crippen LogP contribution in [0.4, 0.5) is 13.2 Å². The van der Waals surface area contributed by atoms with Crippen LogP contribution in [0, 0.1) is 5.82 Å². The molecule has 1 fully saturated rings. The summed E-state index contributed by atoms with van der Waals surface area (Å²) in [6.45, 7) is -2.20. The van der Waals surface area contributed by atoms with Crippen LogP contribution in [0.3, 0.4) is 0 Å². The van der Waals surface area contributed by atoms with Gasteiger partial charge in [0, 0.05) is 59.1 Å². The first-order valence-electron chi connectivity index (χ1n) is 10.0. The van der Waals surface area contributed by atoms with Crippen LogP contribution in [0.25, 0.3) is 5.57 Å². The zero-order chi connectivity index (χ0) is 23.3. The van der Waals surface area contributed by atoms with E-state index in [0.717, 1.165) is 5.70 Å². The second-order valence-electron chi connectivity index (χ2n) is 8.03. The minimum atomic E-state index is -2.80. The second-order valence-corrected chi connectivity index (χ2v) is 9.34. The highest BCUT2D eigenvalue weighted by Crippen LogP contribution is 2.47. The van der Waals surface area contributed by atoms with Gasteiger partial charge in [-0.1, -0.05) is 17.7 Å². The summed E-state index contributed by atoms with van der Waals surface area (Å²) in [4.78, 5) is 11.3. The van der Waals surface area contributed by atoms with Crippen LogP contribution >= 0.6 is 22.9 Å². The van der Waals surface area contributed by atoms with Gasteiger partial charge in [0.2, 0.25) is 0 Å². The first-order valence-corrected chi connectivity index (χ1v) is 11.3. The van der Waals surface area contributed by atoms with Crippen molar-refractivity contribution in [3.63, 3.8) is 0 Å². The zero-order valence-electron chi connectivity index (χ0n) is 17.1. The van der Waals surface area contributed by atoms with Gasteiger partial charge in [-0.2, -0.15) is 13.9 Å². The summed E-state index contributed by atoms with van der Waals surface area (Å²) < 4.78 is 41.0. The molecule has 1 saturated heterocycles. The van der Waals surface area contributed by atoms with E-state index >= 15 is 0 Å². The van der Waals surface area contributed by atoms with Gasteiger partial charge in [0.25, 0.3) is 0 Å². The van der Waals surface area contributed by atoms with Gasteiger partial charge in [-0.05, 0) is 17.7 Å². The molecular formula is C21H19ClF3N7S. The van der Waals surface area contributed by atoms with Gasteiger partial charge in [0.1, 0.15) is 11.9 Å². The van der Waals surface area contributed by atoms with Gasteiger partial charge < -0.3 is 16.4 Å². The third-order valence-electron chi connectivity index (χ3n) is 5.81. The molecule has 7 nitrogen and oxygen atoms in total. The molecule has 5 rings (SSSR count). The molecule has 0 amide bonds. The van der Waals surface area contributed by atoms with Gasteiger partial charge >= 0.3 is 6.55 Å². The molecule has 0 bridgehead atoms. The maximum atomic E-state index is 13.8. The minimum absolute atomic E-state index is 0.172. The Morgan fingerprint density at radius 1 is 1.33 bits per heavy atom. The average Bonchev–Trinajstić information content (AvgIpc) is 3.52. The Balaban J connectivity index is 1.76. The van der Waals surface area contributed by atoms with Crippen molar-refractivity contribution in [3.8, 4) is 0 Å². The predicted octanol–water partition coefficient (Wildman–Crippen LogP) is 3.80. The highest BCUT2D eigenvalue weighted by atomic mass is 35.5. The van der Waals surface area contributed by atoms with Crippen molar-refractivity contribution < 1.29 is 13.2 Å². The van der Waals surface area contributed by atoms with Crippen molar-refractivity contribution in [2.24, 2.45) is 16.5 Å². The molecule has 1 aromatic carbocycles. The van der Waals surface area contributed by atoms with E-state index in [1.165, 1.54) is 35.9 Å². The zero-order valence-corrected chi connectivity index (χ0v) is 18.7. The van der Waals surface area contributed by atoms with E-state index in [-0.39, 0.29) is 11.6 Å². The molecule has 4 heterocycles. The molecule has 0 aliphatic carbocycles. The summed E-state index contributed by atoms with van der Waals surface area (Å²) in [7, 11) is 0. The van der Waals surface area contributed by atoms with Crippen molar-refractivity contribution in [2.45, 2.75) is 24.6 Å². The lowest BCUT2D eigenvalue weighted by Gasteiger charge is -2.32. The summed E-state index contributed by atoms with van der Waals surface area (Å²) in [5.41, 5.74) is 14.2. The van der Waals surface area contributed by atoms with E-state index in [2.05, 4.69) is 10.1 Å². The minimum Gasteiger partial charge on any atom is -0.329 e. The number of halogens is 4. The maximum Gasteiger partial charge on any atom is 0.333 e. The van der Waals surface area contributed by atoms with E-state index in [4.69, 9.17) is 28.1 Å². The van der Waals surface area contributed by atoms with Crippen molar-refractivity contribution in [2.75, 3.05) is 13.1 Å². The SMILES string of the molecule is NC[C@]1(N)CC2=C(c3cnn(C(F)F)c3)[C@H](c3ccc(F)cc3Cl)N=C(c3nccs3)N2C1. The van der Waals surface area contributed by atoms with Crippen LogP contribution < -0.4 is 11.5 Å². The molecule has 12 heteroatoms. The van der Waals surface area contributed by atoms with Crippen LogP contribution in [0.15, 0.2) is 52.9 Å².